The first kappa shape index (κ1) is 12.1. The van der Waals surface area contributed by atoms with Gasteiger partial charge in [-0.2, -0.15) is 0 Å². The third kappa shape index (κ3) is 2.43. The lowest BCUT2D eigenvalue weighted by Crippen LogP contribution is -2.36. The number of rotatable bonds is 2. The van der Waals surface area contributed by atoms with Crippen LogP contribution in [0.15, 0.2) is 24.3 Å². The number of hydrogen-bond acceptors (Lipinski definition) is 2. The Kier molecular flexibility index (Phi) is 3.35. The summed E-state index contributed by atoms with van der Waals surface area (Å²) in [7, 11) is 0. The van der Waals surface area contributed by atoms with Crippen molar-refractivity contribution in [3.05, 3.63) is 35.6 Å². The van der Waals surface area contributed by atoms with Gasteiger partial charge in [0.1, 0.15) is 5.82 Å². The van der Waals surface area contributed by atoms with E-state index in [-0.39, 0.29) is 5.82 Å². The first-order valence-electron chi connectivity index (χ1n) is 6.98. The van der Waals surface area contributed by atoms with Gasteiger partial charge in [0.15, 0.2) is 0 Å². The molecule has 1 N–H and O–H groups in total. The maximum Gasteiger partial charge on any atom is 0.123 e. The number of benzene rings is 1. The number of fused-ring (bicyclic) bond motifs is 2. The second kappa shape index (κ2) is 4.98. The predicted molar refractivity (Wildman–Crippen MR) is 71.0 cm³/mol. The van der Waals surface area contributed by atoms with Crippen LogP contribution in [-0.2, 0) is 0 Å². The molecule has 3 heteroatoms. The van der Waals surface area contributed by atoms with E-state index in [1.165, 1.54) is 25.3 Å². The number of nitrogens with one attached hydrogen (secondary N) is 1. The van der Waals surface area contributed by atoms with Gasteiger partial charge in [-0.1, -0.05) is 12.1 Å². The highest BCUT2D eigenvalue weighted by molar-refractivity contribution is 5.20. The van der Waals surface area contributed by atoms with Crippen molar-refractivity contribution >= 4 is 0 Å². The molecule has 2 aliphatic rings. The van der Waals surface area contributed by atoms with Crippen molar-refractivity contribution in [1.29, 1.82) is 0 Å². The molecule has 2 fully saturated rings. The molecule has 0 radical (unpaired) electrons. The summed E-state index contributed by atoms with van der Waals surface area (Å²) >= 11 is 0. The number of likely N-dealkylation sites (tertiary alicyclic amines) is 1. The van der Waals surface area contributed by atoms with Gasteiger partial charge < -0.3 is 5.32 Å². The molecule has 0 saturated carbocycles. The molecule has 2 aliphatic heterocycles. The fourth-order valence-corrected chi connectivity index (χ4v) is 3.30. The predicted octanol–water partition coefficient (Wildman–Crippen LogP) is 2.71. The molecule has 3 rings (SSSR count). The molecule has 2 saturated heterocycles. The average molecular weight is 248 g/mol. The number of halogens is 1. The molecule has 0 spiro atoms. The largest absolute Gasteiger partial charge is 0.310 e. The highest BCUT2D eigenvalue weighted by Gasteiger charge is 2.31. The Morgan fingerprint density at radius 3 is 2.94 bits per heavy atom. The maximum absolute atomic E-state index is 13.3. The summed E-state index contributed by atoms with van der Waals surface area (Å²) in [6, 6.07) is 8.67. The quantitative estimate of drug-likeness (QED) is 0.865. The van der Waals surface area contributed by atoms with Gasteiger partial charge in [0, 0.05) is 31.2 Å². The van der Waals surface area contributed by atoms with Crippen molar-refractivity contribution in [2.75, 3.05) is 13.1 Å². The van der Waals surface area contributed by atoms with Gasteiger partial charge in [0.25, 0.3) is 0 Å². The molecular weight excluding hydrogens is 227 g/mol. The minimum absolute atomic E-state index is 0.131. The van der Waals surface area contributed by atoms with Crippen molar-refractivity contribution < 1.29 is 4.39 Å². The van der Waals surface area contributed by atoms with E-state index in [9.17, 15) is 4.39 Å². The zero-order valence-electron chi connectivity index (χ0n) is 10.9. The summed E-state index contributed by atoms with van der Waals surface area (Å²) in [4.78, 5) is 2.49. The first-order valence-corrected chi connectivity index (χ1v) is 6.98. The van der Waals surface area contributed by atoms with Gasteiger partial charge in [-0.05, 0) is 43.9 Å². The van der Waals surface area contributed by atoms with Crippen molar-refractivity contribution in [1.82, 2.24) is 10.2 Å². The van der Waals surface area contributed by atoms with Crippen LogP contribution in [-0.4, -0.2) is 30.1 Å². The molecular formula is C15H21FN2. The van der Waals surface area contributed by atoms with E-state index in [0.29, 0.717) is 18.1 Å². The summed E-state index contributed by atoms with van der Waals surface area (Å²) in [5.41, 5.74) is 1.09. The van der Waals surface area contributed by atoms with Crippen LogP contribution in [0.4, 0.5) is 4.39 Å². The van der Waals surface area contributed by atoms with E-state index in [4.69, 9.17) is 0 Å². The van der Waals surface area contributed by atoms with E-state index in [1.54, 1.807) is 6.07 Å². The Bertz CT molecular complexity index is 421. The number of nitrogens with zero attached hydrogens (tertiary/aromatic N) is 1. The zero-order chi connectivity index (χ0) is 12.5. The number of hydrogen-bond donors (Lipinski definition) is 1. The molecule has 0 aromatic heterocycles. The van der Waals surface area contributed by atoms with Gasteiger partial charge in [-0.15, -0.1) is 0 Å². The second-order valence-corrected chi connectivity index (χ2v) is 5.65. The Hall–Kier alpha value is -0.930. The standard InChI is InChI=1S/C15H21FN2/c1-11(12-3-2-4-13(16)9-12)18-8-7-14-5-6-15(10-18)17-14/h2-4,9,11,14-15,17H,5-8,10H2,1H3. The average Bonchev–Trinajstić information content (AvgIpc) is 2.68. The Labute approximate surface area is 108 Å². The third-order valence-electron chi connectivity index (χ3n) is 4.43. The summed E-state index contributed by atoms with van der Waals surface area (Å²) in [6.45, 7) is 4.40. The molecule has 3 unspecified atom stereocenters. The Morgan fingerprint density at radius 1 is 1.28 bits per heavy atom. The van der Waals surface area contributed by atoms with Crippen LogP contribution in [0, 0.1) is 5.82 Å². The van der Waals surface area contributed by atoms with Gasteiger partial charge in [-0.3, -0.25) is 4.90 Å². The van der Waals surface area contributed by atoms with Crippen LogP contribution in [0.2, 0.25) is 0 Å². The molecule has 98 valence electrons. The molecule has 2 nitrogen and oxygen atoms in total. The SMILES string of the molecule is CC(c1cccc(F)c1)N1CCC2CCC(C1)N2. The summed E-state index contributed by atoms with van der Waals surface area (Å²) in [6.07, 6.45) is 3.83. The molecule has 0 aliphatic carbocycles. The fraction of sp³-hybridized carbons (Fsp3) is 0.600. The highest BCUT2D eigenvalue weighted by Crippen LogP contribution is 2.27. The minimum atomic E-state index is -0.131. The van der Waals surface area contributed by atoms with E-state index >= 15 is 0 Å². The van der Waals surface area contributed by atoms with Crippen LogP contribution in [0.3, 0.4) is 0 Å². The van der Waals surface area contributed by atoms with Crippen molar-refractivity contribution in [3.8, 4) is 0 Å². The van der Waals surface area contributed by atoms with Gasteiger partial charge in [0.05, 0.1) is 0 Å². The van der Waals surface area contributed by atoms with Crippen LogP contribution in [0.5, 0.6) is 0 Å². The summed E-state index contributed by atoms with van der Waals surface area (Å²) < 4.78 is 13.3. The van der Waals surface area contributed by atoms with Crippen molar-refractivity contribution in [2.24, 2.45) is 0 Å². The molecule has 0 amide bonds. The smallest absolute Gasteiger partial charge is 0.123 e. The minimum Gasteiger partial charge on any atom is -0.310 e. The third-order valence-corrected chi connectivity index (χ3v) is 4.43. The van der Waals surface area contributed by atoms with Gasteiger partial charge >= 0.3 is 0 Å². The molecule has 18 heavy (non-hydrogen) atoms. The van der Waals surface area contributed by atoms with Crippen LogP contribution >= 0.6 is 0 Å². The van der Waals surface area contributed by atoms with E-state index in [1.807, 2.05) is 12.1 Å². The summed E-state index contributed by atoms with van der Waals surface area (Å²) in [5, 5.41) is 3.68. The van der Waals surface area contributed by atoms with E-state index < -0.39 is 0 Å². The van der Waals surface area contributed by atoms with Gasteiger partial charge in [-0.25, -0.2) is 4.39 Å². The highest BCUT2D eigenvalue weighted by atomic mass is 19.1. The molecule has 2 bridgehead atoms. The Morgan fingerprint density at radius 2 is 2.11 bits per heavy atom. The lowest BCUT2D eigenvalue weighted by Gasteiger charge is -2.30. The van der Waals surface area contributed by atoms with E-state index in [0.717, 1.165) is 18.7 Å². The van der Waals surface area contributed by atoms with Crippen LogP contribution in [0.1, 0.15) is 37.8 Å². The molecule has 2 heterocycles. The van der Waals surface area contributed by atoms with Crippen LogP contribution < -0.4 is 5.32 Å². The van der Waals surface area contributed by atoms with Crippen molar-refractivity contribution in [3.63, 3.8) is 0 Å². The lowest BCUT2D eigenvalue weighted by atomic mass is 10.0. The monoisotopic (exact) mass is 248 g/mol. The van der Waals surface area contributed by atoms with Crippen molar-refractivity contribution in [2.45, 2.75) is 44.3 Å². The van der Waals surface area contributed by atoms with Crippen LogP contribution in [0.25, 0.3) is 0 Å². The Balaban J connectivity index is 1.74. The zero-order valence-corrected chi connectivity index (χ0v) is 10.9. The van der Waals surface area contributed by atoms with E-state index in [2.05, 4.69) is 17.1 Å². The second-order valence-electron chi connectivity index (χ2n) is 5.65. The lowest BCUT2D eigenvalue weighted by molar-refractivity contribution is 0.199. The first-order chi connectivity index (χ1) is 8.72. The molecule has 3 atom stereocenters. The van der Waals surface area contributed by atoms with Gasteiger partial charge in [0.2, 0.25) is 0 Å². The molecule has 1 aromatic carbocycles. The molecule has 1 aromatic rings. The normalized spacial score (nSPS) is 30.1. The topological polar surface area (TPSA) is 15.3 Å². The fourth-order valence-electron chi connectivity index (χ4n) is 3.30. The maximum atomic E-state index is 13.3. The summed E-state index contributed by atoms with van der Waals surface area (Å²) in [5.74, 6) is -0.131.